The predicted octanol–water partition coefficient (Wildman–Crippen LogP) is 3.31. The van der Waals surface area contributed by atoms with Crippen LogP contribution in [0.2, 0.25) is 0 Å². The molecule has 5 heteroatoms. The fraction of sp³-hybridized carbons (Fsp3) is 0.0667. The van der Waals surface area contributed by atoms with Crippen LogP contribution in [0.15, 0.2) is 52.5 Å². The van der Waals surface area contributed by atoms with Gasteiger partial charge < -0.3 is 10.7 Å². The van der Waals surface area contributed by atoms with Crippen LogP contribution in [-0.4, -0.2) is 15.8 Å². The van der Waals surface area contributed by atoms with Gasteiger partial charge in [-0.25, -0.2) is 4.98 Å². The van der Waals surface area contributed by atoms with E-state index in [2.05, 4.69) is 9.97 Å². The van der Waals surface area contributed by atoms with Crippen molar-refractivity contribution in [3.05, 3.63) is 53.6 Å². The molecule has 0 amide bonds. The second kappa shape index (κ2) is 5.02. The monoisotopic (exact) mass is 282 g/mol. The van der Waals surface area contributed by atoms with Crippen LogP contribution in [-0.2, 0) is 0 Å². The van der Waals surface area contributed by atoms with Gasteiger partial charge in [0, 0.05) is 10.5 Å². The van der Waals surface area contributed by atoms with Crippen molar-refractivity contribution in [2.24, 2.45) is 5.73 Å². The van der Waals surface area contributed by atoms with Gasteiger partial charge in [-0.1, -0.05) is 35.5 Å². The number of rotatable bonds is 3. The highest BCUT2D eigenvalue weighted by atomic mass is 32.2. The average molecular weight is 282 g/mol. The van der Waals surface area contributed by atoms with E-state index in [9.17, 15) is 0 Å². The Morgan fingerprint density at radius 3 is 2.80 bits per heavy atom. The number of nitrogens with two attached hydrogens (primary N) is 1. The SMILES string of the molecule is Cc1ccc(Sc2nc3ccccc3[nH]2)c(C(=N)N)c1. The van der Waals surface area contributed by atoms with Crippen molar-refractivity contribution in [1.29, 1.82) is 5.41 Å². The van der Waals surface area contributed by atoms with Crippen LogP contribution in [0.4, 0.5) is 0 Å². The number of aromatic nitrogens is 2. The molecule has 100 valence electrons. The fourth-order valence-corrected chi connectivity index (χ4v) is 2.95. The van der Waals surface area contributed by atoms with Crippen molar-refractivity contribution in [3.63, 3.8) is 0 Å². The summed E-state index contributed by atoms with van der Waals surface area (Å²) in [5.74, 6) is 0.0762. The Balaban J connectivity index is 2.00. The van der Waals surface area contributed by atoms with Crippen molar-refractivity contribution in [2.45, 2.75) is 17.0 Å². The van der Waals surface area contributed by atoms with Gasteiger partial charge >= 0.3 is 0 Å². The molecule has 0 saturated heterocycles. The van der Waals surface area contributed by atoms with E-state index in [1.165, 1.54) is 11.8 Å². The Labute approximate surface area is 120 Å². The molecule has 0 bridgehead atoms. The standard InChI is InChI=1S/C15H14N4S/c1-9-6-7-13(10(8-9)14(16)17)20-15-18-11-4-2-3-5-12(11)19-15/h2-8H,1H3,(H3,16,17)(H,18,19). The van der Waals surface area contributed by atoms with E-state index in [1.807, 2.05) is 49.4 Å². The summed E-state index contributed by atoms with van der Waals surface area (Å²) in [5.41, 5.74) is 9.43. The highest BCUT2D eigenvalue weighted by molar-refractivity contribution is 7.99. The first-order chi connectivity index (χ1) is 9.63. The maximum Gasteiger partial charge on any atom is 0.171 e. The Morgan fingerprint density at radius 2 is 2.05 bits per heavy atom. The summed E-state index contributed by atoms with van der Waals surface area (Å²) in [5, 5.41) is 8.48. The van der Waals surface area contributed by atoms with Gasteiger partial charge in [-0.2, -0.15) is 0 Å². The van der Waals surface area contributed by atoms with Gasteiger partial charge in [0.05, 0.1) is 11.0 Å². The summed E-state index contributed by atoms with van der Waals surface area (Å²) in [6, 6.07) is 13.8. The summed E-state index contributed by atoms with van der Waals surface area (Å²) in [7, 11) is 0. The van der Waals surface area contributed by atoms with Gasteiger partial charge in [-0.15, -0.1) is 0 Å². The van der Waals surface area contributed by atoms with Crippen molar-refractivity contribution < 1.29 is 0 Å². The van der Waals surface area contributed by atoms with Crippen LogP contribution < -0.4 is 5.73 Å². The van der Waals surface area contributed by atoms with Crippen molar-refractivity contribution in [2.75, 3.05) is 0 Å². The van der Waals surface area contributed by atoms with E-state index >= 15 is 0 Å². The van der Waals surface area contributed by atoms with Gasteiger partial charge in [0.15, 0.2) is 5.16 Å². The second-order valence-corrected chi connectivity index (χ2v) is 5.61. The Morgan fingerprint density at radius 1 is 1.25 bits per heavy atom. The number of aryl methyl sites for hydroxylation is 1. The number of fused-ring (bicyclic) bond motifs is 1. The molecule has 2 aromatic carbocycles. The molecule has 0 radical (unpaired) electrons. The number of nitrogen functional groups attached to an aromatic ring is 1. The quantitative estimate of drug-likeness (QED) is 0.509. The number of imidazole rings is 1. The highest BCUT2D eigenvalue weighted by Gasteiger charge is 2.10. The number of nitrogens with zero attached hydrogens (tertiary/aromatic N) is 1. The van der Waals surface area contributed by atoms with E-state index in [4.69, 9.17) is 11.1 Å². The molecule has 0 aliphatic rings. The zero-order chi connectivity index (χ0) is 14.1. The zero-order valence-electron chi connectivity index (χ0n) is 11.0. The second-order valence-electron chi connectivity index (χ2n) is 4.57. The molecule has 0 fully saturated rings. The van der Waals surface area contributed by atoms with E-state index in [1.54, 1.807) is 0 Å². The van der Waals surface area contributed by atoms with E-state index in [0.717, 1.165) is 32.2 Å². The molecule has 0 spiro atoms. The number of H-pyrrole nitrogens is 1. The van der Waals surface area contributed by atoms with Gasteiger partial charge in [0.1, 0.15) is 5.84 Å². The number of hydrogen-bond acceptors (Lipinski definition) is 3. The first-order valence-corrected chi connectivity index (χ1v) is 7.03. The highest BCUT2D eigenvalue weighted by Crippen LogP contribution is 2.30. The largest absolute Gasteiger partial charge is 0.384 e. The summed E-state index contributed by atoms with van der Waals surface area (Å²) in [6.45, 7) is 1.99. The van der Waals surface area contributed by atoms with Crippen LogP contribution in [0, 0.1) is 12.3 Å². The lowest BCUT2D eigenvalue weighted by molar-refractivity contribution is 1.08. The molecular formula is C15H14N4S. The summed E-state index contributed by atoms with van der Waals surface area (Å²) in [6.07, 6.45) is 0. The predicted molar refractivity (Wildman–Crippen MR) is 82.4 cm³/mol. The summed E-state index contributed by atoms with van der Waals surface area (Å²) in [4.78, 5) is 8.72. The average Bonchev–Trinajstić information content (AvgIpc) is 2.82. The number of benzene rings is 2. The van der Waals surface area contributed by atoms with Crippen molar-refractivity contribution in [1.82, 2.24) is 9.97 Å². The Hall–Kier alpha value is -2.27. The van der Waals surface area contributed by atoms with Gasteiger partial charge in [-0.3, -0.25) is 5.41 Å². The molecule has 0 saturated carbocycles. The molecule has 1 heterocycles. The molecule has 4 nitrogen and oxygen atoms in total. The minimum Gasteiger partial charge on any atom is -0.384 e. The summed E-state index contributed by atoms with van der Waals surface area (Å²) >= 11 is 1.49. The lowest BCUT2D eigenvalue weighted by Gasteiger charge is -2.07. The van der Waals surface area contributed by atoms with Crippen molar-refractivity contribution in [3.8, 4) is 0 Å². The van der Waals surface area contributed by atoms with Crippen LogP contribution in [0.5, 0.6) is 0 Å². The minimum atomic E-state index is 0.0762. The van der Waals surface area contributed by atoms with Gasteiger partial charge in [0.25, 0.3) is 0 Å². The van der Waals surface area contributed by atoms with Crippen LogP contribution in [0.3, 0.4) is 0 Å². The number of para-hydroxylation sites is 2. The fourth-order valence-electron chi connectivity index (χ4n) is 2.03. The van der Waals surface area contributed by atoms with E-state index in [-0.39, 0.29) is 5.84 Å². The van der Waals surface area contributed by atoms with Gasteiger partial charge in [0.2, 0.25) is 0 Å². The number of nitrogens with one attached hydrogen (secondary N) is 2. The summed E-state index contributed by atoms with van der Waals surface area (Å²) < 4.78 is 0. The van der Waals surface area contributed by atoms with Crippen LogP contribution in [0.1, 0.15) is 11.1 Å². The third-order valence-corrected chi connectivity index (χ3v) is 3.96. The zero-order valence-corrected chi connectivity index (χ0v) is 11.8. The van der Waals surface area contributed by atoms with Crippen molar-refractivity contribution >= 4 is 28.6 Å². The Bertz CT molecular complexity index is 758. The molecule has 1 aromatic heterocycles. The molecule has 0 aliphatic carbocycles. The molecule has 0 unspecified atom stereocenters. The molecule has 20 heavy (non-hydrogen) atoms. The maximum atomic E-state index is 7.68. The topological polar surface area (TPSA) is 78.5 Å². The third-order valence-electron chi connectivity index (χ3n) is 3.00. The van der Waals surface area contributed by atoms with E-state index < -0.39 is 0 Å². The number of hydrogen-bond donors (Lipinski definition) is 3. The van der Waals surface area contributed by atoms with Crippen LogP contribution in [0.25, 0.3) is 11.0 Å². The maximum absolute atomic E-state index is 7.68. The smallest absolute Gasteiger partial charge is 0.171 e. The first kappa shape index (κ1) is 12.7. The molecule has 0 atom stereocenters. The lowest BCUT2D eigenvalue weighted by atomic mass is 10.1. The number of amidine groups is 1. The van der Waals surface area contributed by atoms with Gasteiger partial charge in [-0.05, 0) is 31.2 Å². The lowest BCUT2D eigenvalue weighted by Crippen LogP contribution is -2.12. The van der Waals surface area contributed by atoms with E-state index in [0.29, 0.717) is 0 Å². The third kappa shape index (κ3) is 2.40. The minimum absolute atomic E-state index is 0.0762. The normalized spacial score (nSPS) is 10.8. The molecule has 4 N–H and O–H groups in total. The molecule has 0 aliphatic heterocycles. The molecule has 3 rings (SSSR count). The Kier molecular flexibility index (Phi) is 3.20. The molecular weight excluding hydrogens is 268 g/mol. The first-order valence-electron chi connectivity index (χ1n) is 6.21. The number of aromatic amines is 1. The van der Waals surface area contributed by atoms with Crippen LogP contribution >= 0.6 is 11.8 Å². The molecule has 3 aromatic rings.